The van der Waals surface area contributed by atoms with Gasteiger partial charge in [-0.3, -0.25) is 5.10 Å². The predicted octanol–water partition coefficient (Wildman–Crippen LogP) is 0.938. The maximum Gasteiger partial charge on any atom is 0.260 e. The Labute approximate surface area is 109 Å². The molecule has 0 radical (unpaired) electrons. The molecule has 0 fully saturated rings. The number of hydrogen-bond donors (Lipinski definition) is 2. The third kappa shape index (κ3) is 3.54. The first-order chi connectivity index (χ1) is 8.39. The SMILES string of the molecule is CCCN(C)S(=O)(=O)c1[nH]ncc1CNC(C)C. The molecule has 6 nitrogen and oxygen atoms in total. The Morgan fingerprint density at radius 2 is 2.17 bits per heavy atom. The number of H-pyrrole nitrogens is 1. The zero-order valence-electron chi connectivity index (χ0n) is 11.4. The molecule has 0 aliphatic rings. The zero-order valence-corrected chi connectivity index (χ0v) is 12.2. The number of nitrogens with one attached hydrogen (secondary N) is 2. The molecule has 0 saturated heterocycles. The van der Waals surface area contributed by atoms with E-state index in [2.05, 4.69) is 15.5 Å². The second kappa shape index (κ2) is 6.31. The van der Waals surface area contributed by atoms with Crippen LogP contribution in [0.2, 0.25) is 0 Å². The van der Waals surface area contributed by atoms with E-state index in [1.165, 1.54) is 4.31 Å². The average Bonchev–Trinajstić information content (AvgIpc) is 2.75. The molecule has 0 bridgehead atoms. The van der Waals surface area contributed by atoms with Crippen LogP contribution in [-0.4, -0.2) is 42.6 Å². The second-order valence-electron chi connectivity index (χ2n) is 4.59. The lowest BCUT2D eigenvalue weighted by molar-refractivity contribution is 0.463. The third-order valence-corrected chi connectivity index (χ3v) is 4.46. The number of aromatic amines is 1. The first kappa shape index (κ1) is 15.1. The maximum absolute atomic E-state index is 12.3. The van der Waals surface area contributed by atoms with Crippen molar-refractivity contribution in [2.24, 2.45) is 0 Å². The first-order valence-electron chi connectivity index (χ1n) is 6.11. The largest absolute Gasteiger partial charge is 0.310 e. The molecule has 0 aromatic carbocycles. The lowest BCUT2D eigenvalue weighted by Crippen LogP contribution is -2.30. The molecule has 0 atom stereocenters. The van der Waals surface area contributed by atoms with Crippen LogP contribution in [0.15, 0.2) is 11.2 Å². The van der Waals surface area contributed by atoms with E-state index in [0.29, 0.717) is 24.7 Å². The predicted molar refractivity (Wildman–Crippen MR) is 70.7 cm³/mol. The fourth-order valence-electron chi connectivity index (χ4n) is 1.55. The van der Waals surface area contributed by atoms with Crippen molar-refractivity contribution in [2.75, 3.05) is 13.6 Å². The highest BCUT2D eigenvalue weighted by atomic mass is 32.2. The number of sulfonamides is 1. The van der Waals surface area contributed by atoms with E-state index in [9.17, 15) is 8.42 Å². The van der Waals surface area contributed by atoms with Crippen LogP contribution in [0.4, 0.5) is 0 Å². The monoisotopic (exact) mass is 274 g/mol. The summed E-state index contributed by atoms with van der Waals surface area (Å²) in [4.78, 5) is 0. The average molecular weight is 274 g/mol. The molecule has 2 N–H and O–H groups in total. The van der Waals surface area contributed by atoms with Gasteiger partial charge in [-0.15, -0.1) is 0 Å². The molecule has 7 heteroatoms. The molecule has 0 aliphatic carbocycles. The van der Waals surface area contributed by atoms with Gasteiger partial charge in [-0.25, -0.2) is 8.42 Å². The summed E-state index contributed by atoms with van der Waals surface area (Å²) < 4.78 is 25.9. The van der Waals surface area contributed by atoms with Gasteiger partial charge in [0.2, 0.25) is 0 Å². The van der Waals surface area contributed by atoms with E-state index in [1.54, 1.807) is 13.2 Å². The van der Waals surface area contributed by atoms with E-state index in [4.69, 9.17) is 0 Å². The summed E-state index contributed by atoms with van der Waals surface area (Å²) in [7, 11) is -1.88. The molecule has 1 rings (SSSR count). The van der Waals surface area contributed by atoms with Gasteiger partial charge in [0.15, 0.2) is 5.03 Å². The van der Waals surface area contributed by atoms with Gasteiger partial charge in [-0.1, -0.05) is 20.8 Å². The molecular formula is C11H22N4O2S. The Balaban J connectivity index is 2.92. The summed E-state index contributed by atoms with van der Waals surface area (Å²) in [6.45, 7) is 6.95. The van der Waals surface area contributed by atoms with E-state index in [0.717, 1.165) is 6.42 Å². The number of rotatable bonds is 7. The quantitative estimate of drug-likeness (QED) is 0.775. The van der Waals surface area contributed by atoms with Gasteiger partial charge in [0, 0.05) is 31.7 Å². The maximum atomic E-state index is 12.3. The van der Waals surface area contributed by atoms with Crippen molar-refractivity contribution in [3.8, 4) is 0 Å². The van der Waals surface area contributed by atoms with Gasteiger partial charge < -0.3 is 5.32 Å². The van der Waals surface area contributed by atoms with Crippen molar-refractivity contribution in [1.29, 1.82) is 0 Å². The minimum Gasteiger partial charge on any atom is -0.310 e. The van der Waals surface area contributed by atoms with Gasteiger partial charge >= 0.3 is 0 Å². The molecule has 0 aliphatic heterocycles. The van der Waals surface area contributed by atoms with E-state index < -0.39 is 10.0 Å². The molecule has 0 spiro atoms. The summed E-state index contributed by atoms with van der Waals surface area (Å²) in [6.07, 6.45) is 2.34. The van der Waals surface area contributed by atoms with Gasteiger partial charge in [0.05, 0.1) is 6.20 Å². The fourth-order valence-corrected chi connectivity index (χ4v) is 2.91. The standard InChI is InChI=1S/C11H22N4O2S/c1-5-6-15(4)18(16,17)11-10(8-13-14-11)7-12-9(2)3/h8-9,12H,5-7H2,1-4H3,(H,13,14). The van der Waals surface area contributed by atoms with Crippen LogP contribution < -0.4 is 5.32 Å². The highest BCUT2D eigenvalue weighted by Crippen LogP contribution is 2.16. The summed E-state index contributed by atoms with van der Waals surface area (Å²) in [6, 6.07) is 0.295. The van der Waals surface area contributed by atoms with E-state index in [-0.39, 0.29) is 5.03 Å². The fraction of sp³-hybridized carbons (Fsp3) is 0.727. The minimum atomic E-state index is -3.46. The highest BCUT2D eigenvalue weighted by Gasteiger charge is 2.25. The molecule has 104 valence electrons. The van der Waals surface area contributed by atoms with Crippen molar-refractivity contribution < 1.29 is 8.42 Å². The number of hydrogen-bond acceptors (Lipinski definition) is 4. The number of aromatic nitrogens is 2. The van der Waals surface area contributed by atoms with Crippen LogP contribution in [-0.2, 0) is 16.6 Å². The van der Waals surface area contributed by atoms with Crippen molar-refractivity contribution in [3.05, 3.63) is 11.8 Å². The van der Waals surface area contributed by atoms with Gasteiger partial charge in [-0.05, 0) is 6.42 Å². The van der Waals surface area contributed by atoms with Crippen molar-refractivity contribution in [3.63, 3.8) is 0 Å². The Hall–Kier alpha value is -0.920. The van der Waals surface area contributed by atoms with Gasteiger partial charge in [0.1, 0.15) is 0 Å². The Bertz CT molecular complexity index is 467. The first-order valence-corrected chi connectivity index (χ1v) is 7.55. The number of nitrogens with zero attached hydrogens (tertiary/aromatic N) is 2. The van der Waals surface area contributed by atoms with Crippen LogP contribution in [0.25, 0.3) is 0 Å². The van der Waals surface area contributed by atoms with Crippen molar-refractivity contribution >= 4 is 10.0 Å². The highest BCUT2D eigenvalue weighted by molar-refractivity contribution is 7.89. The Morgan fingerprint density at radius 3 is 2.72 bits per heavy atom. The Kier molecular flexibility index (Phi) is 5.30. The zero-order chi connectivity index (χ0) is 13.8. The minimum absolute atomic E-state index is 0.187. The van der Waals surface area contributed by atoms with E-state index in [1.807, 2.05) is 20.8 Å². The molecule has 1 aromatic heterocycles. The molecule has 0 amide bonds. The van der Waals surface area contributed by atoms with Gasteiger partial charge in [0.25, 0.3) is 10.0 Å². The van der Waals surface area contributed by atoms with Crippen LogP contribution in [0, 0.1) is 0 Å². The van der Waals surface area contributed by atoms with Crippen LogP contribution in [0.3, 0.4) is 0 Å². The summed E-state index contributed by atoms with van der Waals surface area (Å²) >= 11 is 0. The van der Waals surface area contributed by atoms with Crippen LogP contribution in [0.1, 0.15) is 32.8 Å². The molecule has 0 saturated carbocycles. The summed E-state index contributed by atoms with van der Waals surface area (Å²) in [5, 5.41) is 9.80. The topological polar surface area (TPSA) is 78.1 Å². The lowest BCUT2D eigenvalue weighted by atomic mass is 10.3. The third-order valence-electron chi connectivity index (χ3n) is 2.59. The molecule has 1 heterocycles. The van der Waals surface area contributed by atoms with Crippen molar-refractivity contribution in [2.45, 2.75) is 44.8 Å². The molecule has 18 heavy (non-hydrogen) atoms. The molecule has 0 unspecified atom stereocenters. The lowest BCUT2D eigenvalue weighted by Gasteiger charge is -2.16. The van der Waals surface area contributed by atoms with Crippen molar-refractivity contribution in [1.82, 2.24) is 19.8 Å². The molecular weight excluding hydrogens is 252 g/mol. The Morgan fingerprint density at radius 1 is 1.50 bits per heavy atom. The van der Waals surface area contributed by atoms with Crippen LogP contribution >= 0.6 is 0 Å². The van der Waals surface area contributed by atoms with Crippen LogP contribution in [0.5, 0.6) is 0 Å². The summed E-state index contributed by atoms with van der Waals surface area (Å²) in [5.74, 6) is 0. The normalized spacial score (nSPS) is 12.6. The van der Waals surface area contributed by atoms with Gasteiger partial charge in [-0.2, -0.15) is 9.40 Å². The van der Waals surface area contributed by atoms with E-state index >= 15 is 0 Å². The molecule has 1 aromatic rings. The smallest absolute Gasteiger partial charge is 0.260 e. The summed E-state index contributed by atoms with van der Waals surface area (Å²) in [5.41, 5.74) is 0.673. The second-order valence-corrected chi connectivity index (χ2v) is 6.57.